The first-order valence-corrected chi connectivity index (χ1v) is 13.6. The molecule has 0 atom stereocenters. The van der Waals surface area contributed by atoms with Gasteiger partial charge in [-0.3, -0.25) is 9.59 Å². The van der Waals surface area contributed by atoms with Crippen molar-refractivity contribution in [3.8, 4) is 28.8 Å². The standard InChI is InChI=1S/C28H22Br2N4O6/c1-3-38-21-11-15(24(29)25(30)26(21)39-14-23(31)35)13-32-34-27(33-18-8-5-4-7-16(18)28(34)36)22-12-17-19(37-2)9-6-10-20(17)40-22/h4-13H,3,14H2,1-2H3,(H2,31,35). The van der Waals surface area contributed by atoms with E-state index in [0.717, 1.165) is 5.39 Å². The summed E-state index contributed by atoms with van der Waals surface area (Å²) in [5, 5.41) is 5.65. The number of hydrogen-bond acceptors (Lipinski definition) is 8. The van der Waals surface area contributed by atoms with Crippen LogP contribution in [0.1, 0.15) is 12.5 Å². The fraction of sp³-hybridized carbons (Fsp3) is 0.143. The second-order valence-electron chi connectivity index (χ2n) is 8.41. The van der Waals surface area contributed by atoms with Crippen LogP contribution >= 0.6 is 31.9 Å². The van der Waals surface area contributed by atoms with Crippen molar-refractivity contribution in [3.05, 3.63) is 79.5 Å². The van der Waals surface area contributed by atoms with Crippen LogP contribution in [-0.4, -0.2) is 42.1 Å². The maximum Gasteiger partial charge on any atom is 0.282 e. The number of aromatic nitrogens is 2. The van der Waals surface area contributed by atoms with Gasteiger partial charge in [-0.25, -0.2) is 4.98 Å². The summed E-state index contributed by atoms with van der Waals surface area (Å²) < 4.78 is 25.1. The van der Waals surface area contributed by atoms with Crippen LogP contribution in [-0.2, 0) is 4.79 Å². The monoisotopic (exact) mass is 668 g/mol. The highest BCUT2D eigenvalue weighted by Gasteiger charge is 2.20. The maximum absolute atomic E-state index is 13.6. The van der Waals surface area contributed by atoms with Crippen LogP contribution in [0.15, 0.2) is 77.9 Å². The summed E-state index contributed by atoms with van der Waals surface area (Å²) in [6.07, 6.45) is 1.49. The second kappa shape index (κ2) is 11.5. The molecule has 0 fully saturated rings. The van der Waals surface area contributed by atoms with E-state index in [1.807, 2.05) is 19.1 Å². The van der Waals surface area contributed by atoms with E-state index in [9.17, 15) is 9.59 Å². The molecule has 0 bridgehead atoms. The number of amides is 1. The molecule has 2 heterocycles. The van der Waals surface area contributed by atoms with Gasteiger partial charge in [0.05, 0.1) is 40.7 Å². The van der Waals surface area contributed by atoms with Crippen LogP contribution < -0.4 is 25.5 Å². The van der Waals surface area contributed by atoms with E-state index < -0.39 is 5.91 Å². The molecule has 0 unspecified atom stereocenters. The predicted octanol–water partition coefficient (Wildman–Crippen LogP) is 5.49. The van der Waals surface area contributed by atoms with Crippen LogP contribution in [0.4, 0.5) is 0 Å². The van der Waals surface area contributed by atoms with Gasteiger partial charge in [0.25, 0.3) is 11.5 Å². The Morgan fingerprint density at radius 3 is 2.62 bits per heavy atom. The summed E-state index contributed by atoms with van der Waals surface area (Å²) >= 11 is 7.02. The molecule has 0 saturated heterocycles. The zero-order valence-electron chi connectivity index (χ0n) is 21.3. The molecule has 0 saturated carbocycles. The minimum absolute atomic E-state index is 0.208. The van der Waals surface area contributed by atoms with Crippen molar-refractivity contribution in [2.75, 3.05) is 20.3 Å². The van der Waals surface area contributed by atoms with Crippen molar-refractivity contribution in [3.63, 3.8) is 0 Å². The molecule has 10 nitrogen and oxygen atoms in total. The van der Waals surface area contributed by atoms with Gasteiger partial charge in [-0.15, -0.1) is 0 Å². The smallest absolute Gasteiger partial charge is 0.282 e. The van der Waals surface area contributed by atoms with Gasteiger partial charge in [-0.2, -0.15) is 9.78 Å². The molecular formula is C28H22Br2N4O6. The van der Waals surface area contributed by atoms with Gasteiger partial charge in [0, 0.05) is 10.0 Å². The summed E-state index contributed by atoms with van der Waals surface area (Å²) in [6, 6.07) is 15.9. The number of furan rings is 1. The number of rotatable bonds is 9. The van der Waals surface area contributed by atoms with Crippen LogP contribution in [0.5, 0.6) is 17.2 Å². The van der Waals surface area contributed by atoms with Gasteiger partial charge in [0.15, 0.2) is 23.9 Å². The number of nitrogens with two attached hydrogens (primary N) is 1. The van der Waals surface area contributed by atoms with Gasteiger partial charge in [0.1, 0.15) is 11.3 Å². The molecule has 12 heteroatoms. The third-order valence-electron chi connectivity index (χ3n) is 5.84. The molecule has 0 spiro atoms. The Kier molecular flexibility index (Phi) is 7.90. The SMILES string of the molecule is CCOc1cc(C=Nn2c(-c3cc4c(OC)cccc4o3)nc3ccccc3c2=O)c(Br)c(Br)c1OCC(N)=O. The van der Waals surface area contributed by atoms with E-state index in [0.29, 0.717) is 60.6 Å². The number of halogens is 2. The Morgan fingerprint density at radius 2 is 1.88 bits per heavy atom. The average Bonchev–Trinajstić information content (AvgIpc) is 3.39. The van der Waals surface area contributed by atoms with E-state index in [2.05, 4.69) is 37.0 Å². The summed E-state index contributed by atoms with van der Waals surface area (Å²) in [4.78, 5) is 29.6. The second-order valence-corrected chi connectivity index (χ2v) is 9.99. The van der Waals surface area contributed by atoms with Crippen molar-refractivity contribution in [1.29, 1.82) is 0 Å². The molecular weight excluding hydrogens is 648 g/mol. The molecule has 204 valence electrons. The molecule has 3 aromatic carbocycles. The van der Waals surface area contributed by atoms with Gasteiger partial charge in [0.2, 0.25) is 5.82 Å². The quantitative estimate of drug-likeness (QED) is 0.205. The molecule has 1 amide bonds. The zero-order valence-corrected chi connectivity index (χ0v) is 24.5. The lowest BCUT2D eigenvalue weighted by molar-refractivity contribution is -0.119. The van der Waals surface area contributed by atoms with Crippen molar-refractivity contribution < 1.29 is 23.4 Å². The van der Waals surface area contributed by atoms with Crippen molar-refractivity contribution in [1.82, 2.24) is 9.66 Å². The first-order valence-electron chi connectivity index (χ1n) is 12.0. The van der Waals surface area contributed by atoms with Crippen molar-refractivity contribution in [2.45, 2.75) is 6.92 Å². The third-order valence-corrected chi connectivity index (χ3v) is 7.99. The predicted molar refractivity (Wildman–Crippen MR) is 158 cm³/mol. The largest absolute Gasteiger partial charge is 0.496 e. The zero-order chi connectivity index (χ0) is 28.4. The number of carbonyl (C=O) groups is 1. The molecule has 0 aliphatic rings. The number of methoxy groups -OCH3 is 1. The first-order chi connectivity index (χ1) is 19.3. The minimum Gasteiger partial charge on any atom is -0.496 e. The average molecular weight is 670 g/mol. The highest BCUT2D eigenvalue weighted by molar-refractivity contribution is 9.13. The number of para-hydroxylation sites is 1. The molecule has 40 heavy (non-hydrogen) atoms. The highest BCUT2D eigenvalue weighted by Crippen LogP contribution is 2.42. The van der Waals surface area contributed by atoms with E-state index in [4.69, 9.17) is 29.3 Å². The Morgan fingerprint density at radius 1 is 1.07 bits per heavy atom. The number of fused-ring (bicyclic) bond motifs is 2. The molecule has 0 radical (unpaired) electrons. The number of benzene rings is 3. The number of hydrogen-bond donors (Lipinski definition) is 1. The number of ether oxygens (including phenoxy) is 3. The van der Waals surface area contributed by atoms with E-state index in [1.165, 1.54) is 10.9 Å². The Hall–Kier alpha value is -4.16. The first kappa shape index (κ1) is 27.4. The summed E-state index contributed by atoms with van der Waals surface area (Å²) in [6.45, 7) is 1.82. The topological polar surface area (TPSA) is 131 Å². The highest BCUT2D eigenvalue weighted by atomic mass is 79.9. The van der Waals surface area contributed by atoms with Gasteiger partial charge < -0.3 is 24.4 Å². The summed E-state index contributed by atoms with van der Waals surface area (Å²) in [7, 11) is 1.58. The van der Waals surface area contributed by atoms with Gasteiger partial charge >= 0.3 is 0 Å². The number of nitrogens with zero attached hydrogens (tertiary/aromatic N) is 3. The van der Waals surface area contributed by atoms with E-state index >= 15 is 0 Å². The van der Waals surface area contributed by atoms with E-state index in [1.54, 1.807) is 49.6 Å². The maximum atomic E-state index is 13.6. The van der Waals surface area contributed by atoms with Gasteiger partial charge in [-0.1, -0.05) is 18.2 Å². The Labute approximate surface area is 244 Å². The van der Waals surface area contributed by atoms with Gasteiger partial charge in [-0.05, 0) is 75.2 Å². The summed E-state index contributed by atoms with van der Waals surface area (Å²) in [5.41, 5.74) is 6.49. The van der Waals surface area contributed by atoms with Crippen molar-refractivity contribution in [2.24, 2.45) is 10.8 Å². The lowest BCUT2D eigenvalue weighted by Gasteiger charge is -2.15. The third kappa shape index (κ3) is 5.19. The summed E-state index contributed by atoms with van der Waals surface area (Å²) in [5.74, 6) is 1.20. The molecule has 2 N–H and O–H groups in total. The Balaban J connectivity index is 1.68. The van der Waals surface area contributed by atoms with Crippen LogP contribution in [0.25, 0.3) is 33.5 Å². The molecule has 0 aliphatic heterocycles. The number of primary amides is 1. The lowest BCUT2D eigenvalue weighted by atomic mass is 10.2. The van der Waals surface area contributed by atoms with Crippen LogP contribution in [0.2, 0.25) is 0 Å². The normalized spacial score (nSPS) is 11.4. The Bertz CT molecular complexity index is 1850. The molecule has 0 aliphatic carbocycles. The fourth-order valence-electron chi connectivity index (χ4n) is 4.07. The lowest BCUT2D eigenvalue weighted by Crippen LogP contribution is -2.21. The molecule has 5 rings (SSSR count). The van der Waals surface area contributed by atoms with E-state index in [-0.39, 0.29) is 18.0 Å². The minimum atomic E-state index is -0.630. The van der Waals surface area contributed by atoms with Crippen molar-refractivity contribution >= 4 is 65.9 Å². The van der Waals surface area contributed by atoms with Crippen LogP contribution in [0, 0.1) is 0 Å². The molecule has 2 aromatic heterocycles. The fourth-order valence-corrected chi connectivity index (χ4v) is 5.01. The van der Waals surface area contributed by atoms with Crippen LogP contribution in [0.3, 0.4) is 0 Å². The number of carbonyl (C=O) groups excluding carboxylic acids is 1. The molecule has 5 aromatic rings.